The second-order valence-corrected chi connectivity index (χ2v) is 4.09. The average molecular weight is 274 g/mol. The van der Waals surface area contributed by atoms with E-state index in [-0.39, 0.29) is 6.42 Å². The van der Waals surface area contributed by atoms with Crippen molar-refractivity contribution in [3.63, 3.8) is 0 Å². The fraction of sp³-hybridized carbons (Fsp3) is 0.214. The lowest BCUT2D eigenvalue weighted by molar-refractivity contribution is -0.143. The van der Waals surface area contributed by atoms with Gasteiger partial charge in [-0.15, -0.1) is 12.3 Å². The van der Waals surface area contributed by atoms with Gasteiger partial charge in [0, 0.05) is 12.1 Å². The Hall–Kier alpha value is -2.81. The molecule has 6 nitrogen and oxygen atoms in total. The minimum absolute atomic E-state index is 0.196. The number of rotatable bonds is 4. The van der Waals surface area contributed by atoms with Gasteiger partial charge in [-0.2, -0.15) is 0 Å². The zero-order valence-electron chi connectivity index (χ0n) is 10.8. The van der Waals surface area contributed by atoms with Crippen LogP contribution in [0.25, 0.3) is 0 Å². The van der Waals surface area contributed by atoms with Gasteiger partial charge < -0.3 is 15.7 Å². The van der Waals surface area contributed by atoms with Crippen LogP contribution < -0.4 is 10.6 Å². The van der Waals surface area contributed by atoms with Crippen molar-refractivity contribution < 1.29 is 19.5 Å². The van der Waals surface area contributed by atoms with Crippen LogP contribution in [0, 0.1) is 19.3 Å². The van der Waals surface area contributed by atoms with E-state index < -0.39 is 23.8 Å². The van der Waals surface area contributed by atoms with E-state index in [1.807, 2.05) is 6.92 Å². The summed E-state index contributed by atoms with van der Waals surface area (Å²) in [5.74, 6) is -1.17. The molecule has 3 N–H and O–H groups in total. The van der Waals surface area contributed by atoms with Gasteiger partial charge in [-0.25, -0.2) is 4.79 Å². The number of amides is 2. The Morgan fingerprint density at radius 1 is 1.25 bits per heavy atom. The van der Waals surface area contributed by atoms with Crippen LogP contribution in [-0.2, 0) is 14.4 Å². The van der Waals surface area contributed by atoms with Gasteiger partial charge in [-0.1, -0.05) is 17.7 Å². The summed E-state index contributed by atoms with van der Waals surface area (Å²) >= 11 is 0. The molecule has 0 heterocycles. The molecule has 1 atom stereocenters. The predicted molar refractivity (Wildman–Crippen MR) is 72.8 cm³/mol. The molecule has 0 bridgehead atoms. The molecule has 20 heavy (non-hydrogen) atoms. The molecule has 1 unspecified atom stereocenters. The molecule has 0 aliphatic rings. The van der Waals surface area contributed by atoms with Crippen LogP contribution in [0.2, 0.25) is 0 Å². The van der Waals surface area contributed by atoms with E-state index in [1.165, 1.54) is 0 Å². The summed E-state index contributed by atoms with van der Waals surface area (Å²) in [4.78, 5) is 33.9. The number of aryl methyl sites for hydroxylation is 1. The molecule has 0 spiro atoms. The average Bonchev–Trinajstić information content (AvgIpc) is 2.40. The summed E-state index contributed by atoms with van der Waals surface area (Å²) in [7, 11) is 0. The Labute approximate surface area is 116 Å². The van der Waals surface area contributed by atoms with Crippen molar-refractivity contribution in [3.05, 3.63) is 29.8 Å². The van der Waals surface area contributed by atoms with Crippen LogP contribution in [-0.4, -0.2) is 28.9 Å². The third-order valence-electron chi connectivity index (χ3n) is 2.44. The number of carboxylic acid groups (broad SMARTS) is 1. The van der Waals surface area contributed by atoms with E-state index in [0.717, 1.165) is 5.56 Å². The van der Waals surface area contributed by atoms with Crippen LogP contribution >= 0.6 is 0 Å². The summed E-state index contributed by atoms with van der Waals surface area (Å²) in [6.45, 7) is 1.88. The summed E-state index contributed by atoms with van der Waals surface area (Å²) < 4.78 is 0. The number of carbonyl (C=O) groups excluding carboxylic acids is 2. The van der Waals surface area contributed by atoms with Crippen LogP contribution in [0.4, 0.5) is 5.69 Å². The number of aliphatic carboxylic acids is 1. The van der Waals surface area contributed by atoms with E-state index in [1.54, 1.807) is 24.3 Å². The largest absolute Gasteiger partial charge is 0.480 e. The number of carboxylic acids is 1. The van der Waals surface area contributed by atoms with Gasteiger partial charge in [0.1, 0.15) is 6.04 Å². The highest BCUT2D eigenvalue weighted by atomic mass is 16.4. The number of carbonyl (C=O) groups is 3. The fourth-order valence-corrected chi connectivity index (χ4v) is 1.37. The first-order chi connectivity index (χ1) is 9.43. The lowest BCUT2D eigenvalue weighted by atomic mass is 10.2. The molecule has 6 heteroatoms. The van der Waals surface area contributed by atoms with E-state index >= 15 is 0 Å². The van der Waals surface area contributed by atoms with Crippen LogP contribution in [0.3, 0.4) is 0 Å². The molecule has 0 saturated heterocycles. The number of hydrogen-bond acceptors (Lipinski definition) is 3. The first kappa shape index (κ1) is 15.2. The second-order valence-electron chi connectivity index (χ2n) is 4.09. The molecule has 0 aromatic heterocycles. The van der Waals surface area contributed by atoms with E-state index in [9.17, 15) is 14.4 Å². The second kappa shape index (κ2) is 6.95. The number of hydrogen-bond donors (Lipinski definition) is 3. The van der Waals surface area contributed by atoms with E-state index in [0.29, 0.717) is 5.69 Å². The van der Waals surface area contributed by atoms with Gasteiger partial charge in [-0.3, -0.25) is 9.59 Å². The Bertz CT molecular complexity index is 558. The zero-order valence-corrected chi connectivity index (χ0v) is 10.8. The maximum atomic E-state index is 11.6. The Balaban J connectivity index is 2.63. The van der Waals surface area contributed by atoms with Gasteiger partial charge in [0.15, 0.2) is 0 Å². The molecule has 0 saturated carbocycles. The number of benzene rings is 1. The fourth-order valence-electron chi connectivity index (χ4n) is 1.37. The van der Waals surface area contributed by atoms with Gasteiger partial charge in [-0.05, 0) is 19.1 Å². The standard InChI is InChI=1S/C14H14N2O4/c1-3-4-11(14(19)20)16-13(18)12(17)15-10-7-5-9(2)6-8-10/h1,5-8,11H,4H2,2H3,(H,15,17)(H,16,18)(H,19,20). The SMILES string of the molecule is C#CCC(NC(=O)C(=O)Nc1ccc(C)cc1)C(=O)O. The molecule has 1 rings (SSSR count). The third-order valence-corrected chi connectivity index (χ3v) is 2.44. The van der Waals surface area contributed by atoms with Crippen molar-refractivity contribution in [1.82, 2.24) is 5.32 Å². The molecule has 104 valence electrons. The molecule has 0 aliphatic heterocycles. The lowest BCUT2D eigenvalue weighted by Gasteiger charge is -2.11. The molecular formula is C14H14N2O4. The maximum absolute atomic E-state index is 11.6. The quantitative estimate of drug-likeness (QED) is 0.551. The summed E-state index contributed by atoms with van der Waals surface area (Å²) in [6, 6.07) is 5.53. The highest BCUT2D eigenvalue weighted by molar-refractivity contribution is 6.40. The predicted octanol–water partition coefficient (Wildman–Crippen LogP) is 0.526. The first-order valence-corrected chi connectivity index (χ1v) is 5.79. The molecule has 0 aliphatic carbocycles. The summed E-state index contributed by atoms with van der Waals surface area (Å²) in [6.07, 6.45) is 4.80. The highest BCUT2D eigenvalue weighted by Crippen LogP contribution is 2.08. The van der Waals surface area contributed by atoms with Gasteiger partial charge in [0.05, 0.1) is 0 Å². The van der Waals surface area contributed by atoms with E-state index in [2.05, 4.69) is 16.6 Å². The Kier molecular flexibility index (Phi) is 5.30. The van der Waals surface area contributed by atoms with Gasteiger partial charge >= 0.3 is 17.8 Å². The van der Waals surface area contributed by atoms with Crippen molar-refractivity contribution >= 4 is 23.5 Å². The van der Waals surface area contributed by atoms with Crippen molar-refractivity contribution in [2.75, 3.05) is 5.32 Å². The van der Waals surface area contributed by atoms with Crippen molar-refractivity contribution in [2.24, 2.45) is 0 Å². The summed E-state index contributed by atoms with van der Waals surface area (Å²) in [5.41, 5.74) is 1.45. The van der Waals surface area contributed by atoms with Crippen molar-refractivity contribution in [1.29, 1.82) is 0 Å². The number of anilines is 1. The molecule has 0 fully saturated rings. The van der Waals surface area contributed by atoms with Crippen LogP contribution in [0.1, 0.15) is 12.0 Å². The van der Waals surface area contributed by atoms with Crippen LogP contribution in [0.5, 0.6) is 0 Å². The molecule has 0 radical (unpaired) electrons. The van der Waals surface area contributed by atoms with Gasteiger partial charge in [0.2, 0.25) is 0 Å². The Morgan fingerprint density at radius 2 is 1.85 bits per heavy atom. The maximum Gasteiger partial charge on any atom is 0.327 e. The molecule has 1 aromatic carbocycles. The smallest absolute Gasteiger partial charge is 0.327 e. The minimum Gasteiger partial charge on any atom is -0.480 e. The topological polar surface area (TPSA) is 95.5 Å². The van der Waals surface area contributed by atoms with Crippen molar-refractivity contribution in [2.45, 2.75) is 19.4 Å². The minimum atomic E-state index is -1.29. The normalized spacial score (nSPS) is 11.0. The van der Waals surface area contributed by atoms with Crippen LogP contribution in [0.15, 0.2) is 24.3 Å². The number of nitrogens with one attached hydrogen (secondary N) is 2. The van der Waals surface area contributed by atoms with Crippen molar-refractivity contribution in [3.8, 4) is 12.3 Å². The molecular weight excluding hydrogens is 260 g/mol. The highest BCUT2D eigenvalue weighted by Gasteiger charge is 2.22. The lowest BCUT2D eigenvalue weighted by Crippen LogP contribution is -2.45. The Morgan fingerprint density at radius 3 is 2.35 bits per heavy atom. The third kappa shape index (κ3) is 4.46. The van der Waals surface area contributed by atoms with Gasteiger partial charge in [0.25, 0.3) is 0 Å². The molecule has 1 aromatic rings. The summed E-state index contributed by atoms with van der Waals surface area (Å²) in [5, 5.41) is 13.2. The zero-order chi connectivity index (χ0) is 15.1. The number of terminal acetylenes is 1. The first-order valence-electron chi connectivity index (χ1n) is 5.79. The monoisotopic (exact) mass is 274 g/mol. The molecule has 2 amide bonds. The van der Waals surface area contributed by atoms with E-state index in [4.69, 9.17) is 11.5 Å².